The Morgan fingerprint density at radius 3 is 2.28 bits per heavy atom. The number of nitrogens with zero attached hydrogens (tertiary/aromatic N) is 3. The Hall–Kier alpha value is -2.59. The monoisotopic (exact) mass is 349 g/mol. The zero-order valence-electron chi connectivity index (χ0n) is 13.9. The smallest absolute Gasteiger partial charge is 0.389 e. The average molecular weight is 349 g/mol. The number of pyridine rings is 1. The van der Waals surface area contributed by atoms with Gasteiger partial charge in [-0.25, -0.2) is 4.98 Å². The lowest BCUT2D eigenvalue weighted by Crippen LogP contribution is -2.39. The van der Waals surface area contributed by atoms with E-state index in [1.54, 1.807) is 13.8 Å². The van der Waals surface area contributed by atoms with Crippen LogP contribution in [0.5, 0.6) is 0 Å². The van der Waals surface area contributed by atoms with E-state index in [2.05, 4.69) is 4.98 Å². The topological polar surface area (TPSA) is 60.1 Å². The number of benzene rings is 1. The molecule has 0 fully saturated rings. The molecule has 0 saturated carbocycles. The van der Waals surface area contributed by atoms with Gasteiger partial charge < -0.3 is 10.0 Å². The molecule has 0 bridgehead atoms. The van der Waals surface area contributed by atoms with Gasteiger partial charge in [0.05, 0.1) is 11.2 Å². The summed E-state index contributed by atoms with van der Waals surface area (Å²) in [6.07, 6.45) is -4.62. The first kappa shape index (κ1) is 18.7. The van der Waals surface area contributed by atoms with Crippen LogP contribution < -0.4 is 4.90 Å². The molecule has 0 saturated heterocycles. The third kappa shape index (κ3) is 5.19. The maximum Gasteiger partial charge on any atom is 0.433 e. The number of anilines is 1. The van der Waals surface area contributed by atoms with Crippen molar-refractivity contribution in [1.29, 1.82) is 5.26 Å². The highest BCUT2D eigenvalue weighted by Gasteiger charge is 2.34. The Balaban J connectivity index is 2.50. The Kier molecular flexibility index (Phi) is 5.33. The average Bonchev–Trinajstić information content (AvgIpc) is 2.52. The van der Waals surface area contributed by atoms with Gasteiger partial charge in [-0.15, -0.1) is 0 Å². The number of rotatable bonds is 5. The standard InChI is InChI=1S/C18H18F3N3O/c1-17(2,25)12-24(11-13-6-4-3-5-7-13)16-14(10-22)8-9-15(23-16)18(19,20)21/h3-9,25H,11-12H2,1-2H3. The van der Waals surface area contributed by atoms with Crippen LogP contribution in [0.15, 0.2) is 42.5 Å². The lowest BCUT2D eigenvalue weighted by atomic mass is 10.1. The lowest BCUT2D eigenvalue weighted by molar-refractivity contribution is -0.141. The highest BCUT2D eigenvalue weighted by molar-refractivity contribution is 5.55. The number of alkyl halides is 3. The molecule has 0 radical (unpaired) electrons. The first-order chi connectivity index (χ1) is 11.6. The predicted octanol–water partition coefficient (Wildman–Crippen LogP) is 3.75. The van der Waals surface area contributed by atoms with Crippen LogP contribution >= 0.6 is 0 Å². The molecule has 2 aromatic rings. The SMILES string of the molecule is CC(C)(O)CN(Cc1ccccc1)c1nc(C(F)(F)F)ccc1C#N. The van der Waals surface area contributed by atoms with E-state index in [1.165, 1.54) is 4.90 Å². The summed E-state index contributed by atoms with van der Waals surface area (Å²) in [4.78, 5) is 5.15. The van der Waals surface area contributed by atoms with Crippen LogP contribution in [0.2, 0.25) is 0 Å². The second-order valence-corrected chi connectivity index (χ2v) is 6.33. The highest BCUT2D eigenvalue weighted by Crippen LogP contribution is 2.31. The van der Waals surface area contributed by atoms with E-state index < -0.39 is 17.5 Å². The summed E-state index contributed by atoms with van der Waals surface area (Å²) >= 11 is 0. The zero-order valence-corrected chi connectivity index (χ0v) is 13.9. The van der Waals surface area contributed by atoms with Crippen molar-refractivity contribution >= 4 is 5.82 Å². The molecule has 1 heterocycles. The van der Waals surface area contributed by atoms with E-state index >= 15 is 0 Å². The fourth-order valence-electron chi connectivity index (χ4n) is 2.41. The van der Waals surface area contributed by atoms with Crippen LogP contribution in [-0.2, 0) is 12.7 Å². The summed E-state index contributed by atoms with van der Waals surface area (Å²) in [5, 5.41) is 19.4. The predicted molar refractivity (Wildman–Crippen MR) is 87.7 cm³/mol. The van der Waals surface area contributed by atoms with Gasteiger partial charge >= 0.3 is 6.18 Å². The maximum atomic E-state index is 13.0. The van der Waals surface area contributed by atoms with Crippen LogP contribution in [0.4, 0.5) is 19.0 Å². The van der Waals surface area contributed by atoms with Crippen LogP contribution in [-0.4, -0.2) is 22.2 Å². The van der Waals surface area contributed by atoms with Gasteiger partial charge in [0.15, 0.2) is 0 Å². The Labute approximate surface area is 144 Å². The molecule has 0 spiro atoms. The van der Waals surface area contributed by atoms with Crippen LogP contribution in [0.1, 0.15) is 30.7 Å². The minimum absolute atomic E-state index is 0.0187. The molecule has 0 unspecified atom stereocenters. The maximum absolute atomic E-state index is 13.0. The third-order valence-corrected chi connectivity index (χ3v) is 3.38. The van der Waals surface area contributed by atoms with E-state index in [0.29, 0.717) is 0 Å². The van der Waals surface area contributed by atoms with Gasteiger partial charge in [-0.05, 0) is 31.5 Å². The molecule has 1 N–H and O–H groups in total. The Morgan fingerprint density at radius 1 is 1.12 bits per heavy atom. The second kappa shape index (κ2) is 7.11. The van der Waals surface area contributed by atoms with Crippen molar-refractivity contribution in [3.63, 3.8) is 0 Å². The van der Waals surface area contributed by atoms with Crippen molar-refractivity contribution in [2.45, 2.75) is 32.2 Å². The highest BCUT2D eigenvalue weighted by atomic mass is 19.4. The van der Waals surface area contributed by atoms with Gasteiger partial charge in [-0.2, -0.15) is 18.4 Å². The third-order valence-electron chi connectivity index (χ3n) is 3.38. The molecule has 0 amide bonds. The van der Waals surface area contributed by atoms with Gasteiger partial charge in [0.25, 0.3) is 0 Å². The van der Waals surface area contributed by atoms with Crippen molar-refractivity contribution in [2.75, 3.05) is 11.4 Å². The van der Waals surface area contributed by atoms with Crippen molar-refractivity contribution in [1.82, 2.24) is 4.98 Å². The summed E-state index contributed by atoms with van der Waals surface area (Å²) in [5.41, 5.74) is -1.41. The lowest BCUT2D eigenvalue weighted by Gasteiger charge is -2.31. The summed E-state index contributed by atoms with van der Waals surface area (Å²) < 4.78 is 39.1. The summed E-state index contributed by atoms with van der Waals surface area (Å²) in [7, 11) is 0. The van der Waals surface area contributed by atoms with Gasteiger partial charge in [0, 0.05) is 13.1 Å². The van der Waals surface area contributed by atoms with Crippen molar-refractivity contribution in [3.05, 3.63) is 59.3 Å². The van der Waals surface area contributed by atoms with E-state index in [4.69, 9.17) is 0 Å². The van der Waals surface area contributed by atoms with Crippen LogP contribution in [0.3, 0.4) is 0 Å². The zero-order chi connectivity index (χ0) is 18.7. The molecule has 0 aliphatic heterocycles. The van der Waals surface area contributed by atoms with Gasteiger partial charge in [-0.3, -0.25) is 0 Å². The van der Waals surface area contributed by atoms with Crippen molar-refractivity contribution in [2.24, 2.45) is 0 Å². The first-order valence-corrected chi connectivity index (χ1v) is 7.60. The normalized spacial score (nSPS) is 11.9. The molecular formula is C18H18F3N3O. The fourth-order valence-corrected chi connectivity index (χ4v) is 2.41. The molecule has 2 rings (SSSR count). The van der Waals surface area contributed by atoms with Crippen molar-refractivity contribution in [3.8, 4) is 6.07 Å². The van der Waals surface area contributed by atoms with E-state index in [1.807, 2.05) is 36.4 Å². The number of halogens is 3. The quantitative estimate of drug-likeness (QED) is 0.893. The number of aliphatic hydroxyl groups is 1. The minimum atomic E-state index is -4.62. The molecule has 25 heavy (non-hydrogen) atoms. The van der Waals surface area contributed by atoms with E-state index in [-0.39, 0.29) is 24.5 Å². The van der Waals surface area contributed by atoms with E-state index in [0.717, 1.165) is 17.7 Å². The Bertz CT molecular complexity index is 762. The number of hydrogen-bond acceptors (Lipinski definition) is 4. The molecule has 0 aliphatic rings. The fraction of sp³-hybridized carbons (Fsp3) is 0.333. The van der Waals surface area contributed by atoms with Crippen molar-refractivity contribution < 1.29 is 18.3 Å². The summed E-state index contributed by atoms with van der Waals surface area (Å²) in [6, 6.07) is 12.8. The molecule has 7 heteroatoms. The largest absolute Gasteiger partial charge is 0.433 e. The molecular weight excluding hydrogens is 331 g/mol. The molecule has 1 aromatic carbocycles. The van der Waals surface area contributed by atoms with Gasteiger partial charge in [0.1, 0.15) is 17.6 Å². The number of aromatic nitrogens is 1. The van der Waals surface area contributed by atoms with Crippen LogP contribution in [0.25, 0.3) is 0 Å². The molecule has 0 aliphatic carbocycles. The second-order valence-electron chi connectivity index (χ2n) is 6.33. The van der Waals surface area contributed by atoms with Crippen LogP contribution in [0, 0.1) is 11.3 Å². The number of nitriles is 1. The molecule has 4 nitrogen and oxygen atoms in total. The number of hydrogen-bond donors (Lipinski definition) is 1. The van der Waals surface area contributed by atoms with E-state index in [9.17, 15) is 23.5 Å². The molecule has 0 atom stereocenters. The summed E-state index contributed by atoms with van der Waals surface area (Å²) in [5.74, 6) is -0.0942. The molecule has 132 valence electrons. The Morgan fingerprint density at radius 2 is 1.76 bits per heavy atom. The molecule has 1 aromatic heterocycles. The minimum Gasteiger partial charge on any atom is -0.389 e. The summed E-state index contributed by atoms with van der Waals surface area (Å²) in [6.45, 7) is 3.33. The first-order valence-electron chi connectivity index (χ1n) is 7.60. The van der Waals surface area contributed by atoms with Gasteiger partial charge in [-0.1, -0.05) is 30.3 Å². The van der Waals surface area contributed by atoms with Gasteiger partial charge in [0.2, 0.25) is 0 Å².